The summed E-state index contributed by atoms with van der Waals surface area (Å²) in [5, 5.41) is 0. The molecule has 0 saturated carbocycles. The SMILES string of the molecule is CN(C)Cc1ccc2c(c1)C(=O)c1ccc(CN(C)C)cc1C2=O. The third kappa shape index (κ3) is 3.03. The van der Waals surface area contributed by atoms with Crippen molar-refractivity contribution in [1.82, 2.24) is 9.80 Å². The van der Waals surface area contributed by atoms with E-state index >= 15 is 0 Å². The Morgan fingerprint density at radius 2 is 1.00 bits per heavy atom. The van der Waals surface area contributed by atoms with Crippen molar-refractivity contribution in [3.05, 3.63) is 69.8 Å². The summed E-state index contributed by atoms with van der Waals surface area (Å²) in [5.74, 6) is -0.117. The summed E-state index contributed by atoms with van der Waals surface area (Å²) in [6, 6.07) is 11.1. The van der Waals surface area contributed by atoms with Crippen molar-refractivity contribution >= 4 is 11.6 Å². The van der Waals surface area contributed by atoms with Crippen molar-refractivity contribution in [2.75, 3.05) is 28.2 Å². The molecule has 1 aliphatic rings. The molecule has 24 heavy (non-hydrogen) atoms. The molecule has 0 atom stereocenters. The zero-order valence-electron chi connectivity index (χ0n) is 14.6. The molecule has 0 aromatic heterocycles. The number of carbonyl (C=O) groups excluding carboxylic acids is 2. The van der Waals surface area contributed by atoms with Gasteiger partial charge >= 0.3 is 0 Å². The minimum absolute atomic E-state index is 0.0587. The van der Waals surface area contributed by atoms with Crippen molar-refractivity contribution in [2.45, 2.75) is 13.1 Å². The Kier molecular flexibility index (Phi) is 4.35. The second-order valence-corrected chi connectivity index (χ2v) is 6.89. The van der Waals surface area contributed by atoms with Gasteiger partial charge in [0.2, 0.25) is 0 Å². The minimum atomic E-state index is -0.0587. The normalized spacial score (nSPS) is 13.4. The smallest absolute Gasteiger partial charge is 0.194 e. The molecule has 0 spiro atoms. The summed E-state index contributed by atoms with van der Waals surface area (Å²) >= 11 is 0. The lowest BCUT2D eigenvalue weighted by Crippen LogP contribution is -2.22. The Labute approximate surface area is 142 Å². The summed E-state index contributed by atoms with van der Waals surface area (Å²) in [4.78, 5) is 29.8. The third-order valence-corrected chi connectivity index (χ3v) is 4.14. The molecule has 124 valence electrons. The Hall–Kier alpha value is -2.30. The number of hydrogen-bond acceptors (Lipinski definition) is 4. The molecule has 0 saturated heterocycles. The number of nitrogens with zero attached hydrogens (tertiary/aromatic N) is 2. The molecule has 1 aliphatic carbocycles. The number of fused-ring (bicyclic) bond motifs is 2. The summed E-state index contributed by atoms with van der Waals surface area (Å²) in [7, 11) is 7.92. The first kappa shape index (κ1) is 16.6. The average Bonchev–Trinajstić information content (AvgIpc) is 2.51. The van der Waals surface area contributed by atoms with Gasteiger partial charge < -0.3 is 9.80 Å². The maximum Gasteiger partial charge on any atom is 0.194 e. The number of hydrogen-bond donors (Lipinski definition) is 0. The summed E-state index contributed by atoms with van der Waals surface area (Å²) in [6.07, 6.45) is 0. The van der Waals surface area contributed by atoms with Crippen LogP contribution in [0.25, 0.3) is 0 Å². The molecule has 4 nitrogen and oxygen atoms in total. The van der Waals surface area contributed by atoms with Crippen LogP contribution in [0.2, 0.25) is 0 Å². The summed E-state index contributed by atoms with van der Waals surface area (Å²) < 4.78 is 0. The fourth-order valence-corrected chi connectivity index (χ4v) is 3.17. The van der Waals surface area contributed by atoms with Gasteiger partial charge in [-0.3, -0.25) is 9.59 Å². The highest BCUT2D eigenvalue weighted by atomic mass is 16.1. The number of ketones is 2. The monoisotopic (exact) mass is 322 g/mol. The lowest BCUT2D eigenvalue weighted by Gasteiger charge is -2.20. The van der Waals surface area contributed by atoms with Gasteiger partial charge in [-0.05, 0) is 63.6 Å². The zero-order valence-corrected chi connectivity index (χ0v) is 14.6. The first-order valence-corrected chi connectivity index (χ1v) is 8.01. The highest BCUT2D eigenvalue weighted by Crippen LogP contribution is 2.29. The van der Waals surface area contributed by atoms with Crippen LogP contribution in [0.3, 0.4) is 0 Å². The van der Waals surface area contributed by atoms with Gasteiger partial charge in [-0.15, -0.1) is 0 Å². The molecule has 0 N–H and O–H groups in total. The van der Waals surface area contributed by atoms with Crippen molar-refractivity contribution in [1.29, 1.82) is 0 Å². The Morgan fingerprint density at radius 3 is 1.33 bits per heavy atom. The molecule has 0 bridgehead atoms. The number of carbonyl (C=O) groups is 2. The van der Waals surface area contributed by atoms with E-state index in [1.165, 1.54) is 0 Å². The molecule has 0 fully saturated rings. The fourth-order valence-electron chi connectivity index (χ4n) is 3.17. The third-order valence-electron chi connectivity index (χ3n) is 4.14. The predicted octanol–water partition coefficient (Wildman–Crippen LogP) is 2.59. The molecular weight excluding hydrogens is 300 g/mol. The zero-order chi connectivity index (χ0) is 17.4. The van der Waals surface area contributed by atoms with Gasteiger partial charge in [0.15, 0.2) is 11.6 Å². The molecule has 0 amide bonds. The Bertz CT molecular complexity index is 753. The van der Waals surface area contributed by atoms with E-state index in [1.807, 2.05) is 62.3 Å². The maximum absolute atomic E-state index is 12.8. The first-order chi connectivity index (χ1) is 11.4. The van der Waals surface area contributed by atoms with E-state index in [4.69, 9.17) is 0 Å². The van der Waals surface area contributed by atoms with Crippen LogP contribution in [0.5, 0.6) is 0 Å². The molecule has 2 aromatic rings. The highest BCUT2D eigenvalue weighted by Gasteiger charge is 2.29. The van der Waals surface area contributed by atoms with Crippen LogP contribution in [0.1, 0.15) is 43.0 Å². The van der Waals surface area contributed by atoms with Crippen LogP contribution >= 0.6 is 0 Å². The predicted molar refractivity (Wildman–Crippen MR) is 94.5 cm³/mol. The van der Waals surface area contributed by atoms with E-state index < -0.39 is 0 Å². The minimum Gasteiger partial charge on any atom is -0.305 e. The summed E-state index contributed by atoms with van der Waals surface area (Å²) in [5.41, 5.74) is 4.13. The molecule has 4 heteroatoms. The van der Waals surface area contributed by atoms with Crippen LogP contribution in [0.15, 0.2) is 36.4 Å². The molecule has 2 aromatic carbocycles. The fraction of sp³-hybridized carbons (Fsp3) is 0.300. The Morgan fingerprint density at radius 1 is 0.625 bits per heavy atom. The van der Waals surface area contributed by atoms with Crippen LogP contribution in [0, 0.1) is 0 Å². The van der Waals surface area contributed by atoms with E-state index in [0.29, 0.717) is 22.3 Å². The summed E-state index contributed by atoms with van der Waals surface area (Å²) in [6.45, 7) is 1.48. The van der Waals surface area contributed by atoms with Crippen molar-refractivity contribution < 1.29 is 9.59 Å². The van der Waals surface area contributed by atoms with Crippen LogP contribution in [-0.4, -0.2) is 49.6 Å². The second-order valence-electron chi connectivity index (χ2n) is 6.89. The number of rotatable bonds is 4. The molecule has 0 unspecified atom stereocenters. The van der Waals surface area contributed by atoms with Crippen molar-refractivity contribution in [3.8, 4) is 0 Å². The van der Waals surface area contributed by atoms with E-state index in [0.717, 1.165) is 24.2 Å². The van der Waals surface area contributed by atoms with E-state index in [9.17, 15) is 9.59 Å². The lowest BCUT2D eigenvalue weighted by molar-refractivity contribution is 0.0979. The van der Waals surface area contributed by atoms with Crippen LogP contribution in [0.4, 0.5) is 0 Å². The number of benzene rings is 2. The Balaban J connectivity index is 2.04. The molecule has 0 radical (unpaired) electrons. The molecule has 0 heterocycles. The second kappa shape index (κ2) is 6.30. The van der Waals surface area contributed by atoms with Gasteiger partial charge in [-0.2, -0.15) is 0 Å². The van der Waals surface area contributed by atoms with Crippen LogP contribution < -0.4 is 0 Å². The topological polar surface area (TPSA) is 40.6 Å². The van der Waals surface area contributed by atoms with E-state index in [-0.39, 0.29) is 11.6 Å². The largest absolute Gasteiger partial charge is 0.305 e. The van der Waals surface area contributed by atoms with Crippen molar-refractivity contribution in [3.63, 3.8) is 0 Å². The maximum atomic E-state index is 12.8. The lowest BCUT2D eigenvalue weighted by atomic mass is 9.82. The van der Waals surface area contributed by atoms with E-state index in [2.05, 4.69) is 0 Å². The van der Waals surface area contributed by atoms with Gasteiger partial charge in [0, 0.05) is 35.3 Å². The highest BCUT2D eigenvalue weighted by molar-refractivity contribution is 6.28. The van der Waals surface area contributed by atoms with Gasteiger partial charge in [-0.25, -0.2) is 0 Å². The first-order valence-electron chi connectivity index (χ1n) is 8.01. The quantitative estimate of drug-likeness (QED) is 0.740. The molecule has 0 aliphatic heterocycles. The standard InChI is InChI=1S/C20H22N2O2/c1-21(2)11-13-5-7-15-17(9-13)19(23)16-8-6-14(12-22(3)4)10-18(16)20(15)24/h5-10H,11-12H2,1-4H3. The van der Waals surface area contributed by atoms with Gasteiger partial charge in [0.05, 0.1) is 0 Å². The van der Waals surface area contributed by atoms with Gasteiger partial charge in [0.25, 0.3) is 0 Å². The van der Waals surface area contributed by atoms with Gasteiger partial charge in [-0.1, -0.05) is 12.1 Å². The van der Waals surface area contributed by atoms with Gasteiger partial charge in [0.1, 0.15) is 0 Å². The molecule has 3 rings (SSSR count). The van der Waals surface area contributed by atoms with E-state index in [1.54, 1.807) is 12.1 Å². The molecular formula is C20H22N2O2. The van der Waals surface area contributed by atoms with Crippen molar-refractivity contribution in [2.24, 2.45) is 0 Å². The van der Waals surface area contributed by atoms with Crippen LogP contribution in [-0.2, 0) is 13.1 Å². The average molecular weight is 322 g/mol.